The van der Waals surface area contributed by atoms with Crippen molar-refractivity contribution in [3.8, 4) is 0 Å². The van der Waals surface area contributed by atoms with Gasteiger partial charge < -0.3 is 14.6 Å². The van der Waals surface area contributed by atoms with Crippen molar-refractivity contribution in [1.82, 2.24) is 0 Å². The zero-order chi connectivity index (χ0) is 9.47. The van der Waals surface area contributed by atoms with E-state index in [4.69, 9.17) is 9.47 Å². The first-order chi connectivity index (χ1) is 6.22. The molecule has 0 amide bonds. The molecular formula is C10H18O3. The standard InChI is InChI=1S/C10H18O3/c1-12-10(13-2)6-7-3-4-8(10)5-9(7)11/h7-9,11H,3-6H2,1-2H3/t7-,8-,9-/m1/s1. The SMILES string of the molecule is COC1(OC)C[C@H]2CC[C@@H]1C[C@H]2O. The Balaban J connectivity index is 2.17. The predicted octanol–water partition coefficient (Wildman–Crippen LogP) is 1.16. The first-order valence-corrected chi connectivity index (χ1v) is 5.00. The van der Waals surface area contributed by atoms with Gasteiger partial charge in [-0.3, -0.25) is 0 Å². The molecule has 0 saturated heterocycles. The Hall–Kier alpha value is -0.120. The van der Waals surface area contributed by atoms with Crippen LogP contribution in [-0.2, 0) is 9.47 Å². The second kappa shape index (κ2) is 3.23. The minimum Gasteiger partial charge on any atom is -0.393 e. The maximum absolute atomic E-state index is 9.71. The van der Waals surface area contributed by atoms with Gasteiger partial charge in [-0.25, -0.2) is 0 Å². The van der Waals surface area contributed by atoms with E-state index in [1.807, 2.05) is 0 Å². The Morgan fingerprint density at radius 2 is 1.92 bits per heavy atom. The van der Waals surface area contributed by atoms with Crippen LogP contribution in [0.3, 0.4) is 0 Å². The molecule has 3 heteroatoms. The van der Waals surface area contributed by atoms with Gasteiger partial charge in [0.1, 0.15) is 0 Å². The van der Waals surface area contributed by atoms with Crippen LogP contribution in [0.4, 0.5) is 0 Å². The van der Waals surface area contributed by atoms with Gasteiger partial charge in [0.05, 0.1) is 6.10 Å². The van der Waals surface area contributed by atoms with Crippen molar-refractivity contribution < 1.29 is 14.6 Å². The van der Waals surface area contributed by atoms with Gasteiger partial charge in [-0.1, -0.05) is 0 Å². The number of methoxy groups -OCH3 is 2. The maximum atomic E-state index is 9.71. The Morgan fingerprint density at radius 3 is 2.31 bits per heavy atom. The normalized spacial score (nSPS) is 42.2. The summed E-state index contributed by atoms with van der Waals surface area (Å²) in [6, 6.07) is 0. The van der Waals surface area contributed by atoms with E-state index in [9.17, 15) is 5.11 Å². The van der Waals surface area contributed by atoms with Crippen LogP contribution in [0.2, 0.25) is 0 Å². The molecule has 0 radical (unpaired) electrons. The van der Waals surface area contributed by atoms with Crippen LogP contribution in [0.15, 0.2) is 0 Å². The average molecular weight is 186 g/mol. The molecular weight excluding hydrogens is 168 g/mol. The van der Waals surface area contributed by atoms with Gasteiger partial charge >= 0.3 is 0 Å². The fourth-order valence-electron chi connectivity index (χ4n) is 2.96. The van der Waals surface area contributed by atoms with Crippen LogP contribution in [0.1, 0.15) is 25.7 Å². The smallest absolute Gasteiger partial charge is 0.170 e. The number of ether oxygens (including phenoxy) is 2. The topological polar surface area (TPSA) is 38.7 Å². The Kier molecular flexibility index (Phi) is 2.34. The molecule has 0 aliphatic heterocycles. The molecule has 1 N–H and O–H groups in total. The van der Waals surface area contributed by atoms with Gasteiger partial charge in [-0.2, -0.15) is 0 Å². The third kappa shape index (κ3) is 1.30. The largest absolute Gasteiger partial charge is 0.393 e. The molecule has 3 saturated carbocycles. The summed E-state index contributed by atoms with van der Waals surface area (Å²) < 4.78 is 11.0. The molecule has 3 atom stereocenters. The minimum absolute atomic E-state index is 0.128. The molecule has 0 heterocycles. The van der Waals surface area contributed by atoms with E-state index in [0.717, 1.165) is 25.7 Å². The molecule has 0 aromatic rings. The van der Waals surface area contributed by atoms with Gasteiger partial charge in [-0.05, 0) is 25.2 Å². The van der Waals surface area contributed by atoms with Crippen molar-refractivity contribution in [3.63, 3.8) is 0 Å². The Morgan fingerprint density at radius 1 is 1.23 bits per heavy atom. The van der Waals surface area contributed by atoms with E-state index in [1.54, 1.807) is 14.2 Å². The number of aliphatic hydroxyl groups excluding tert-OH is 1. The van der Waals surface area contributed by atoms with Crippen molar-refractivity contribution in [2.45, 2.75) is 37.6 Å². The Bertz CT molecular complexity index is 189. The number of fused-ring (bicyclic) bond motifs is 3. The molecule has 0 unspecified atom stereocenters. The number of rotatable bonds is 2. The maximum Gasteiger partial charge on any atom is 0.170 e. The van der Waals surface area contributed by atoms with Crippen molar-refractivity contribution >= 4 is 0 Å². The van der Waals surface area contributed by atoms with Crippen molar-refractivity contribution in [2.24, 2.45) is 11.8 Å². The summed E-state index contributed by atoms with van der Waals surface area (Å²) in [5.74, 6) is 0.356. The highest BCUT2D eigenvalue weighted by molar-refractivity contribution is 4.97. The molecule has 2 bridgehead atoms. The van der Waals surface area contributed by atoms with Crippen molar-refractivity contribution in [2.75, 3.05) is 14.2 Å². The lowest BCUT2D eigenvalue weighted by molar-refractivity contribution is -0.290. The van der Waals surface area contributed by atoms with Crippen LogP contribution >= 0.6 is 0 Å². The van der Waals surface area contributed by atoms with Crippen LogP contribution in [0.5, 0.6) is 0 Å². The molecule has 0 aromatic heterocycles. The number of hydrogen-bond donors (Lipinski definition) is 1. The van der Waals surface area contributed by atoms with E-state index in [2.05, 4.69) is 0 Å². The summed E-state index contributed by atoms with van der Waals surface area (Å²) in [6.07, 6.45) is 3.82. The monoisotopic (exact) mass is 186 g/mol. The highest BCUT2D eigenvalue weighted by Gasteiger charge is 2.51. The zero-order valence-electron chi connectivity index (χ0n) is 8.32. The highest BCUT2D eigenvalue weighted by atomic mass is 16.7. The van der Waals surface area contributed by atoms with Gasteiger partial charge in [0, 0.05) is 26.6 Å². The first kappa shape index (κ1) is 9.44. The lowest BCUT2D eigenvalue weighted by Crippen LogP contribution is -2.54. The zero-order valence-corrected chi connectivity index (χ0v) is 8.32. The second-order valence-electron chi connectivity index (χ2n) is 4.26. The number of aliphatic hydroxyl groups is 1. The molecule has 76 valence electrons. The lowest BCUT2D eigenvalue weighted by atomic mass is 9.65. The van der Waals surface area contributed by atoms with Crippen molar-refractivity contribution in [1.29, 1.82) is 0 Å². The highest BCUT2D eigenvalue weighted by Crippen LogP contribution is 2.49. The van der Waals surface area contributed by atoms with Crippen molar-refractivity contribution in [3.05, 3.63) is 0 Å². The summed E-state index contributed by atoms with van der Waals surface area (Å²) in [6.45, 7) is 0. The second-order valence-corrected chi connectivity index (χ2v) is 4.26. The molecule has 0 aromatic carbocycles. The summed E-state index contributed by atoms with van der Waals surface area (Å²) >= 11 is 0. The fourth-order valence-corrected chi connectivity index (χ4v) is 2.96. The third-order valence-electron chi connectivity index (χ3n) is 3.82. The average Bonchev–Trinajstić information content (AvgIpc) is 2.19. The van der Waals surface area contributed by atoms with E-state index < -0.39 is 5.79 Å². The van der Waals surface area contributed by atoms with E-state index in [1.165, 1.54) is 0 Å². The third-order valence-corrected chi connectivity index (χ3v) is 3.82. The molecule has 3 aliphatic rings. The molecule has 13 heavy (non-hydrogen) atoms. The summed E-state index contributed by atoms with van der Waals surface area (Å²) in [7, 11) is 3.41. The van der Waals surface area contributed by atoms with Gasteiger partial charge in [-0.15, -0.1) is 0 Å². The summed E-state index contributed by atoms with van der Waals surface area (Å²) in [4.78, 5) is 0. The van der Waals surface area contributed by atoms with Crippen LogP contribution in [0, 0.1) is 11.8 Å². The molecule has 3 nitrogen and oxygen atoms in total. The molecule has 3 aliphatic carbocycles. The van der Waals surface area contributed by atoms with Gasteiger partial charge in [0.15, 0.2) is 5.79 Å². The summed E-state index contributed by atoms with van der Waals surface area (Å²) in [5, 5.41) is 9.71. The van der Waals surface area contributed by atoms with E-state index >= 15 is 0 Å². The molecule has 3 rings (SSSR count). The van der Waals surface area contributed by atoms with Crippen LogP contribution < -0.4 is 0 Å². The van der Waals surface area contributed by atoms with Gasteiger partial charge in [0.2, 0.25) is 0 Å². The predicted molar refractivity (Wildman–Crippen MR) is 48.2 cm³/mol. The first-order valence-electron chi connectivity index (χ1n) is 5.00. The lowest BCUT2D eigenvalue weighted by Gasteiger charge is -2.51. The fraction of sp³-hybridized carbons (Fsp3) is 1.00. The molecule has 0 spiro atoms. The van der Waals surface area contributed by atoms with Gasteiger partial charge in [0.25, 0.3) is 0 Å². The summed E-state index contributed by atoms with van der Waals surface area (Å²) in [5.41, 5.74) is 0. The minimum atomic E-state index is -0.401. The van der Waals surface area contributed by atoms with Crippen LogP contribution in [-0.4, -0.2) is 31.2 Å². The molecule has 3 fully saturated rings. The Labute approximate surface area is 79.0 Å². The number of hydrogen-bond acceptors (Lipinski definition) is 3. The van der Waals surface area contributed by atoms with E-state index in [-0.39, 0.29) is 6.10 Å². The quantitative estimate of drug-likeness (QED) is 0.658. The van der Waals surface area contributed by atoms with E-state index in [0.29, 0.717) is 11.8 Å². The van der Waals surface area contributed by atoms with Crippen LogP contribution in [0.25, 0.3) is 0 Å².